The largest absolute Gasteiger partial charge is 0.480 e. The van der Waals surface area contributed by atoms with Gasteiger partial charge in [0.15, 0.2) is 5.65 Å². The molecule has 4 aromatic rings. The first kappa shape index (κ1) is 23.4. The molecule has 2 aliphatic heterocycles. The zero-order valence-electron chi connectivity index (χ0n) is 20.4. The number of carboxylic acid groups (broad SMARTS) is 1. The highest BCUT2D eigenvalue weighted by Gasteiger charge is 2.28. The Morgan fingerprint density at radius 2 is 1.84 bits per heavy atom. The van der Waals surface area contributed by atoms with Crippen LogP contribution in [0.2, 0.25) is 0 Å². The molecule has 37 heavy (non-hydrogen) atoms. The van der Waals surface area contributed by atoms with Crippen LogP contribution in [0, 0.1) is 5.82 Å². The Hall–Kier alpha value is -4.05. The fourth-order valence-electron chi connectivity index (χ4n) is 5.36. The van der Waals surface area contributed by atoms with Crippen molar-refractivity contribution < 1.29 is 14.3 Å². The third-order valence-corrected chi connectivity index (χ3v) is 7.18. The van der Waals surface area contributed by atoms with Crippen LogP contribution >= 0.6 is 0 Å². The van der Waals surface area contributed by atoms with Gasteiger partial charge in [0, 0.05) is 32.7 Å². The van der Waals surface area contributed by atoms with E-state index >= 15 is 0 Å². The van der Waals surface area contributed by atoms with E-state index in [9.17, 15) is 9.18 Å². The van der Waals surface area contributed by atoms with E-state index in [0.29, 0.717) is 13.1 Å². The van der Waals surface area contributed by atoms with Crippen LogP contribution in [0.25, 0.3) is 17.0 Å². The normalized spacial score (nSPS) is 18.6. The highest BCUT2D eigenvalue weighted by molar-refractivity contribution is 5.69. The molecule has 0 amide bonds. The molecule has 10 heteroatoms. The van der Waals surface area contributed by atoms with Crippen molar-refractivity contribution in [3.05, 3.63) is 72.2 Å². The zero-order valence-corrected chi connectivity index (χ0v) is 20.4. The number of rotatable bonds is 6. The smallest absolute Gasteiger partial charge is 0.317 e. The number of nitrogens with zero attached hydrogens (tertiary/aromatic N) is 7. The summed E-state index contributed by atoms with van der Waals surface area (Å²) in [5.41, 5.74) is 3.26. The van der Waals surface area contributed by atoms with Gasteiger partial charge in [-0.15, -0.1) is 5.10 Å². The predicted octanol–water partition coefficient (Wildman–Crippen LogP) is 3.48. The van der Waals surface area contributed by atoms with Crippen LogP contribution < -0.4 is 9.80 Å². The van der Waals surface area contributed by atoms with Gasteiger partial charge in [0.05, 0.1) is 24.5 Å². The van der Waals surface area contributed by atoms with Crippen LogP contribution in [0.3, 0.4) is 0 Å². The van der Waals surface area contributed by atoms with Crippen LogP contribution in [-0.2, 0) is 4.79 Å². The van der Waals surface area contributed by atoms with Gasteiger partial charge in [-0.2, -0.15) is 0 Å². The molecule has 2 fully saturated rings. The molecule has 0 aliphatic carbocycles. The van der Waals surface area contributed by atoms with Gasteiger partial charge >= 0.3 is 5.97 Å². The standard InChI is InChI=1S/C27H28FN7O2/c28-20-5-1-4-19(16-20)22-7-3-11-34(22)26-10-9-24-29-17-23(35(24)31-26)21-6-2-8-25(30-21)33-14-12-32(13-15-33)18-27(36)37/h1-2,4-6,8-10,16-17,22H,3,7,11-15,18H2,(H,36,37)/t22-/m1/s1. The number of hydrogen-bond donors (Lipinski definition) is 1. The lowest BCUT2D eigenvalue weighted by molar-refractivity contribution is -0.138. The zero-order chi connectivity index (χ0) is 25.4. The maximum absolute atomic E-state index is 13.9. The van der Waals surface area contributed by atoms with Gasteiger partial charge in [-0.25, -0.2) is 18.9 Å². The van der Waals surface area contributed by atoms with E-state index in [-0.39, 0.29) is 18.4 Å². The molecule has 0 radical (unpaired) electrons. The minimum atomic E-state index is -0.802. The number of carbonyl (C=O) groups is 1. The summed E-state index contributed by atoms with van der Waals surface area (Å²) in [6, 6.07) is 16.7. The Bertz CT molecular complexity index is 1430. The van der Waals surface area contributed by atoms with E-state index in [1.54, 1.807) is 18.3 Å². The predicted molar refractivity (Wildman–Crippen MR) is 138 cm³/mol. The number of aromatic nitrogens is 4. The molecule has 5 heterocycles. The fraction of sp³-hybridized carbons (Fsp3) is 0.333. The van der Waals surface area contributed by atoms with Gasteiger partial charge in [-0.3, -0.25) is 9.69 Å². The summed E-state index contributed by atoms with van der Waals surface area (Å²) in [4.78, 5) is 26.8. The third-order valence-electron chi connectivity index (χ3n) is 7.18. The lowest BCUT2D eigenvalue weighted by Gasteiger charge is -2.34. The number of anilines is 2. The van der Waals surface area contributed by atoms with Gasteiger partial charge in [0.25, 0.3) is 0 Å². The molecule has 2 saturated heterocycles. The Labute approximate surface area is 213 Å². The van der Waals surface area contributed by atoms with Crippen LogP contribution in [0.15, 0.2) is 60.8 Å². The average molecular weight is 502 g/mol. The number of carboxylic acids is 1. The second-order valence-corrected chi connectivity index (χ2v) is 9.55. The molecule has 9 nitrogen and oxygen atoms in total. The van der Waals surface area contributed by atoms with Crippen molar-refractivity contribution in [2.45, 2.75) is 18.9 Å². The van der Waals surface area contributed by atoms with E-state index < -0.39 is 5.97 Å². The molecular formula is C27H28FN7O2. The topological polar surface area (TPSA) is 90.1 Å². The first-order valence-electron chi connectivity index (χ1n) is 12.6. The van der Waals surface area contributed by atoms with Crippen LogP contribution in [0.4, 0.5) is 16.0 Å². The van der Waals surface area contributed by atoms with E-state index in [1.165, 1.54) is 6.07 Å². The van der Waals surface area contributed by atoms with Gasteiger partial charge in [0.2, 0.25) is 0 Å². The Morgan fingerprint density at radius 1 is 1.00 bits per heavy atom. The van der Waals surface area contributed by atoms with Crippen molar-refractivity contribution in [1.29, 1.82) is 0 Å². The highest BCUT2D eigenvalue weighted by atomic mass is 19.1. The van der Waals surface area contributed by atoms with E-state index in [0.717, 1.165) is 66.7 Å². The molecular weight excluding hydrogens is 473 g/mol. The number of fused-ring (bicyclic) bond motifs is 1. The number of hydrogen-bond acceptors (Lipinski definition) is 7. The SMILES string of the molecule is O=C(O)CN1CCN(c2cccc(-c3cnc4ccc(N5CCC[C@@H]5c5cccc(F)c5)nn34)n2)CC1. The molecule has 1 N–H and O–H groups in total. The molecule has 0 unspecified atom stereocenters. The minimum Gasteiger partial charge on any atom is -0.480 e. The third kappa shape index (κ3) is 4.72. The van der Waals surface area contributed by atoms with Crippen molar-refractivity contribution >= 4 is 23.3 Å². The molecule has 2 aliphatic rings. The number of aliphatic carboxylic acids is 1. The molecule has 0 bridgehead atoms. The lowest BCUT2D eigenvalue weighted by Crippen LogP contribution is -2.48. The molecule has 6 rings (SSSR count). The maximum atomic E-state index is 13.9. The molecule has 0 saturated carbocycles. The summed E-state index contributed by atoms with van der Waals surface area (Å²) >= 11 is 0. The first-order chi connectivity index (χ1) is 18.0. The van der Waals surface area contributed by atoms with Gasteiger partial charge < -0.3 is 14.9 Å². The number of pyridine rings is 1. The summed E-state index contributed by atoms with van der Waals surface area (Å²) in [6.07, 6.45) is 3.75. The molecule has 1 atom stereocenters. The average Bonchev–Trinajstić information content (AvgIpc) is 3.56. The first-order valence-corrected chi connectivity index (χ1v) is 12.6. The quantitative estimate of drug-likeness (QED) is 0.430. The van der Waals surface area contributed by atoms with E-state index in [4.69, 9.17) is 15.2 Å². The van der Waals surface area contributed by atoms with Gasteiger partial charge in [-0.1, -0.05) is 18.2 Å². The number of benzene rings is 1. The molecule has 190 valence electrons. The van der Waals surface area contributed by atoms with Crippen LogP contribution in [-0.4, -0.2) is 74.8 Å². The monoisotopic (exact) mass is 501 g/mol. The summed E-state index contributed by atoms with van der Waals surface area (Å²) in [5, 5.41) is 14.0. The summed E-state index contributed by atoms with van der Waals surface area (Å²) in [6.45, 7) is 3.72. The van der Waals surface area contributed by atoms with Crippen molar-refractivity contribution in [3.8, 4) is 11.4 Å². The second kappa shape index (κ2) is 9.78. The summed E-state index contributed by atoms with van der Waals surface area (Å²) < 4.78 is 15.7. The number of halogens is 1. The van der Waals surface area contributed by atoms with Gasteiger partial charge in [-0.05, 0) is 54.8 Å². The van der Waals surface area contributed by atoms with Gasteiger partial charge in [0.1, 0.15) is 23.1 Å². The molecule has 0 spiro atoms. The Balaban J connectivity index is 1.27. The van der Waals surface area contributed by atoms with E-state index in [2.05, 4.69) is 14.8 Å². The molecule has 1 aromatic carbocycles. The van der Waals surface area contributed by atoms with Crippen molar-refractivity contribution in [2.24, 2.45) is 0 Å². The van der Waals surface area contributed by atoms with Crippen LogP contribution in [0.5, 0.6) is 0 Å². The maximum Gasteiger partial charge on any atom is 0.317 e. The van der Waals surface area contributed by atoms with Crippen molar-refractivity contribution in [2.75, 3.05) is 49.1 Å². The summed E-state index contributed by atoms with van der Waals surface area (Å²) in [7, 11) is 0. The fourth-order valence-corrected chi connectivity index (χ4v) is 5.36. The Morgan fingerprint density at radius 3 is 2.65 bits per heavy atom. The van der Waals surface area contributed by atoms with E-state index in [1.807, 2.05) is 45.8 Å². The highest BCUT2D eigenvalue weighted by Crippen LogP contribution is 2.35. The number of piperazine rings is 1. The second-order valence-electron chi connectivity index (χ2n) is 9.55. The van der Waals surface area contributed by atoms with Crippen molar-refractivity contribution in [1.82, 2.24) is 24.5 Å². The van der Waals surface area contributed by atoms with Crippen molar-refractivity contribution in [3.63, 3.8) is 0 Å². The summed E-state index contributed by atoms with van der Waals surface area (Å²) in [5.74, 6) is 0.650. The Kier molecular flexibility index (Phi) is 6.17. The lowest BCUT2D eigenvalue weighted by atomic mass is 10.0. The van der Waals surface area contributed by atoms with Crippen LogP contribution in [0.1, 0.15) is 24.4 Å². The minimum absolute atomic E-state index is 0.0637. The molecule has 3 aromatic heterocycles. The number of imidazole rings is 1.